The summed E-state index contributed by atoms with van der Waals surface area (Å²) in [5, 5.41) is 0. The van der Waals surface area contributed by atoms with Crippen molar-refractivity contribution in [3.05, 3.63) is 95.1 Å². The van der Waals surface area contributed by atoms with Crippen LogP contribution in [-0.2, 0) is 26.1 Å². The van der Waals surface area contributed by atoms with Crippen molar-refractivity contribution in [2.45, 2.75) is 117 Å². The maximum absolute atomic E-state index is 6.14. The van der Waals surface area contributed by atoms with E-state index in [1.54, 1.807) is 0 Å². The van der Waals surface area contributed by atoms with Crippen molar-refractivity contribution in [1.82, 2.24) is 0 Å². The predicted octanol–water partition coefficient (Wildman–Crippen LogP) is 10.7. The molecule has 0 aromatic heterocycles. The van der Waals surface area contributed by atoms with Crippen LogP contribution in [0.3, 0.4) is 0 Å². The molecule has 3 aromatic carbocycles. The maximum Gasteiger partial charge on any atom is 0.119 e. The highest BCUT2D eigenvalue weighted by molar-refractivity contribution is 5.31. The molecule has 0 amide bonds. The van der Waals surface area contributed by atoms with Gasteiger partial charge in [0.1, 0.15) is 24.7 Å². The minimum absolute atomic E-state index is 0.549. The van der Waals surface area contributed by atoms with E-state index in [0.717, 1.165) is 24.3 Å². The Kier molecular flexibility index (Phi) is 14.5. The number of hydrogen-bond acceptors (Lipinski definition) is 2. The summed E-state index contributed by atoms with van der Waals surface area (Å²) in [5.41, 5.74) is 5.14. The second-order valence-corrected chi connectivity index (χ2v) is 10.7. The Balaban J connectivity index is 1.39. The molecule has 0 unspecified atom stereocenters. The molecule has 0 N–H and O–H groups in total. The molecule has 0 spiro atoms. The largest absolute Gasteiger partial charge is 0.489 e. The van der Waals surface area contributed by atoms with Gasteiger partial charge in [-0.25, -0.2) is 0 Å². The Bertz CT molecular complexity index is 908. The van der Waals surface area contributed by atoms with Crippen LogP contribution < -0.4 is 9.47 Å². The second kappa shape index (κ2) is 18.5. The zero-order chi connectivity index (χ0) is 26.7. The Labute approximate surface area is 232 Å². The van der Waals surface area contributed by atoms with Gasteiger partial charge in [0.05, 0.1) is 0 Å². The van der Waals surface area contributed by atoms with Crippen molar-refractivity contribution in [3.63, 3.8) is 0 Å². The second-order valence-electron chi connectivity index (χ2n) is 10.7. The molecular formula is C36H50O2. The predicted molar refractivity (Wildman–Crippen MR) is 162 cm³/mol. The van der Waals surface area contributed by atoms with Crippen LogP contribution in [0.1, 0.15) is 113 Å². The van der Waals surface area contributed by atoms with Crippen LogP contribution in [0, 0.1) is 0 Å². The molecule has 0 aliphatic carbocycles. The van der Waals surface area contributed by atoms with Crippen LogP contribution in [0.2, 0.25) is 0 Å². The molecule has 0 bridgehead atoms. The van der Waals surface area contributed by atoms with Gasteiger partial charge in [0.25, 0.3) is 0 Å². The molecule has 38 heavy (non-hydrogen) atoms. The smallest absolute Gasteiger partial charge is 0.119 e. The van der Waals surface area contributed by atoms with Gasteiger partial charge in [-0.15, -0.1) is 0 Å². The zero-order valence-electron chi connectivity index (χ0n) is 24.1. The summed E-state index contributed by atoms with van der Waals surface area (Å²) in [5.74, 6) is 1.85. The summed E-state index contributed by atoms with van der Waals surface area (Å²) in [6, 6.07) is 25.7. The standard InChI is InChI=1S/C36H50O2/c1-3-5-7-9-11-13-17-31-21-25-35(26-22-31)37-29-33-19-15-16-20-34(33)30-38-36-27-23-32(24-28-36)18-14-12-10-8-6-4-2/h15-16,19-28H,3-14,17-18,29-30H2,1-2H3. The van der Waals surface area contributed by atoms with Gasteiger partial charge in [0.15, 0.2) is 0 Å². The summed E-state index contributed by atoms with van der Waals surface area (Å²) in [6.45, 7) is 5.64. The highest BCUT2D eigenvalue weighted by Crippen LogP contribution is 2.20. The third-order valence-corrected chi connectivity index (χ3v) is 7.39. The summed E-state index contributed by atoms with van der Waals surface area (Å²) in [7, 11) is 0. The first-order valence-electron chi connectivity index (χ1n) is 15.3. The molecule has 0 aliphatic rings. The van der Waals surface area contributed by atoms with Gasteiger partial charge in [0.2, 0.25) is 0 Å². The van der Waals surface area contributed by atoms with E-state index in [0.29, 0.717) is 13.2 Å². The Morgan fingerprint density at radius 1 is 0.421 bits per heavy atom. The Morgan fingerprint density at radius 3 is 1.18 bits per heavy atom. The number of rotatable bonds is 20. The maximum atomic E-state index is 6.14. The topological polar surface area (TPSA) is 18.5 Å². The van der Waals surface area contributed by atoms with Crippen molar-refractivity contribution < 1.29 is 9.47 Å². The number of ether oxygens (including phenoxy) is 2. The lowest BCUT2D eigenvalue weighted by molar-refractivity contribution is 0.285. The fourth-order valence-corrected chi connectivity index (χ4v) is 4.88. The average Bonchev–Trinajstić information content (AvgIpc) is 2.96. The first kappa shape index (κ1) is 29.8. The lowest BCUT2D eigenvalue weighted by Crippen LogP contribution is -2.03. The molecule has 0 atom stereocenters. The van der Waals surface area contributed by atoms with Gasteiger partial charge in [-0.2, -0.15) is 0 Å². The van der Waals surface area contributed by atoms with Gasteiger partial charge >= 0.3 is 0 Å². The molecule has 2 nitrogen and oxygen atoms in total. The van der Waals surface area contributed by atoms with Crippen LogP contribution in [0.5, 0.6) is 11.5 Å². The first-order valence-corrected chi connectivity index (χ1v) is 15.3. The molecule has 3 rings (SSSR count). The minimum atomic E-state index is 0.549. The van der Waals surface area contributed by atoms with Crippen LogP contribution in [0.4, 0.5) is 0 Å². The zero-order valence-corrected chi connectivity index (χ0v) is 24.1. The number of hydrogen-bond donors (Lipinski definition) is 0. The lowest BCUT2D eigenvalue weighted by Gasteiger charge is -2.13. The third kappa shape index (κ3) is 11.8. The average molecular weight is 515 g/mol. The number of unbranched alkanes of at least 4 members (excludes halogenated alkanes) is 10. The van der Waals surface area contributed by atoms with Crippen molar-refractivity contribution in [3.8, 4) is 11.5 Å². The Morgan fingerprint density at radius 2 is 0.789 bits per heavy atom. The van der Waals surface area contributed by atoms with Gasteiger partial charge in [0, 0.05) is 0 Å². The van der Waals surface area contributed by atoms with Crippen molar-refractivity contribution >= 4 is 0 Å². The van der Waals surface area contributed by atoms with Crippen LogP contribution >= 0.6 is 0 Å². The lowest BCUT2D eigenvalue weighted by atomic mass is 10.0. The molecule has 0 saturated heterocycles. The fourth-order valence-electron chi connectivity index (χ4n) is 4.88. The van der Waals surface area contributed by atoms with Gasteiger partial charge in [-0.05, 0) is 72.2 Å². The summed E-state index contributed by atoms with van der Waals surface area (Å²) < 4.78 is 12.3. The molecule has 0 radical (unpaired) electrons. The third-order valence-electron chi connectivity index (χ3n) is 7.39. The molecule has 0 fully saturated rings. The monoisotopic (exact) mass is 514 g/mol. The highest BCUT2D eigenvalue weighted by Gasteiger charge is 2.05. The van der Waals surface area contributed by atoms with E-state index in [2.05, 4.69) is 86.6 Å². The summed E-state index contributed by atoms with van der Waals surface area (Å²) >= 11 is 0. The van der Waals surface area contributed by atoms with Crippen molar-refractivity contribution in [2.75, 3.05) is 0 Å². The normalized spacial score (nSPS) is 11.0. The molecule has 206 valence electrons. The Hall–Kier alpha value is -2.74. The number of benzene rings is 3. The molecule has 2 heteroatoms. The van der Waals surface area contributed by atoms with Crippen LogP contribution in [0.25, 0.3) is 0 Å². The van der Waals surface area contributed by atoms with E-state index < -0.39 is 0 Å². The van der Waals surface area contributed by atoms with E-state index >= 15 is 0 Å². The molecule has 0 aliphatic heterocycles. The van der Waals surface area contributed by atoms with E-state index in [-0.39, 0.29) is 0 Å². The van der Waals surface area contributed by atoms with Crippen molar-refractivity contribution in [2.24, 2.45) is 0 Å². The van der Waals surface area contributed by atoms with Crippen LogP contribution in [0.15, 0.2) is 72.8 Å². The quantitative estimate of drug-likeness (QED) is 0.140. The molecular weight excluding hydrogens is 464 g/mol. The van der Waals surface area contributed by atoms with Gasteiger partial charge in [-0.1, -0.05) is 127 Å². The van der Waals surface area contributed by atoms with Gasteiger partial charge < -0.3 is 9.47 Å². The van der Waals surface area contributed by atoms with E-state index in [9.17, 15) is 0 Å². The SMILES string of the molecule is CCCCCCCCc1ccc(OCc2ccccc2COc2ccc(CCCCCCCC)cc2)cc1. The number of aryl methyl sites for hydroxylation is 2. The molecule has 0 saturated carbocycles. The van der Waals surface area contributed by atoms with Crippen LogP contribution in [-0.4, -0.2) is 0 Å². The van der Waals surface area contributed by atoms with E-state index in [1.807, 2.05) is 0 Å². The summed E-state index contributed by atoms with van der Waals surface area (Å²) in [6.07, 6.45) is 18.4. The highest BCUT2D eigenvalue weighted by atomic mass is 16.5. The van der Waals surface area contributed by atoms with E-state index in [1.165, 1.54) is 99.3 Å². The molecule has 0 heterocycles. The molecule has 3 aromatic rings. The fraction of sp³-hybridized carbons (Fsp3) is 0.500. The van der Waals surface area contributed by atoms with Crippen molar-refractivity contribution in [1.29, 1.82) is 0 Å². The van der Waals surface area contributed by atoms with E-state index in [4.69, 9.17) is 9.47 Å². The minimum Gasteiger partial charge on any atom is -0.489 e. The van der Waals surface area contributed by atoms with Gasteiger partial charge in [-0.3, -0.25) is 0 Å². The first-order chi connectivity index (χ1) is 18.8. The summed E-state index contributed by atoms with van der Waals surface area (Å²) in [4.78, 5) is 0.